The first-order valence-electron chi connectivity index (χ1n) is 24.9. The van der Waals surface area contributed by atoms with Gasteiger partial charge < -0.3 is 0 Å². The quantitative estimate of drug-likeness (QED) is 0.0484. The van der Waals surface area contributed by atoms with E-state index in [4.69, 9.17) is 0 Å². The Morgan fingerprint density at radius 2 is 0.548 bits per heavy atom. The van der Waals surface area contributed by atoms with Gasteiger partial charge in [-0.3, -0.25) is 6.08 Å². The smallest absolute Gasteiger partial charge is 0.0994 e. The molecule has 0 spiro atoms. The van der Waals surface area contributed by atoms with Crippen LogP contribution in [0.1, 0.15) is 87.0 Å². The zero-order valence-corrected chi connectivity index (χ0v) is 46.9. The van der Waals surface area contributed by atoms with Crippen LogP contribution in [-0.2, 0) is 60.2 Å². The van der Waals surface area contributed by atoms with E-state index in [1.165, 1.54) is 93.1 Å². The Bertz CT molecular complexity index is 2700. The molecule has 9 aromatic carbocycles. The molecule has 10 rings (SSSR count). The zero-order valence-electron chi connectivity index (χ0n) is 41.8. The second-order valence-corrected chi connectivity index (χ2v) is 23.2. The van der Waals surface area contributed by atoms with Crippen LogP contribution in [0.4, 0.5) is 0 Å². The maximum absolute atomic E-state index is 4.01. The van der Waals surface area contributed by atoms with Gasteiger partial charge in [-0.05, 0) is 105 Å². The van der Waals surface area contributed by atoms with Crippen molar-refractivity contribution in [3.05, 3.63) is 326 Å². The second-order valence-electron chi connectivity index (χ2n) is 19.4. The van der Waals surface area contributed by atoms with E-state index in [1.54, 1.807) is 0 Å². The SMILES string of the molecule is CC(C)C1=[C-]CC=C1[Si](c1cc(Cc2ccccc2)cc(Cc2ccccc2)c1)(c1cc(Cc2ccccc2)cc(Cc2ccccc2)c1)c1cc(Cc2ccccc2)cc(Cc2ccccc2)c1.Cl.Cl.Cl.[Ti]. The molecule has 0 nitrogen and oxygen atoms in total. The number of allylic oxidation sites excluding steroid dienone is 4. The van der Waals surface area contributed by atoms with Gasteiger partial charge in [0.15, 0.2) is 0 Å². The fraction of sp³-hybridized carbons (Fsp3) is 0.147. The van der Waals surface area contributed by atoms with E-state index in [1.807, 2.05) is 0 Å². The van der Waals surface area contributed by atoms with E-state index in [-0.39, 0.29) is 58.9 Å². The molecule has 5 heteroatoms. The molecule has 0 bridgehead atoms. The van der Waals surface area contributed by atoms with E-state index < -0.39 is 8.07 Å². The molecular formula is C68H64Cl3SiTi-. The van der Waals surface area contributed by atoms with Crippen molar-refractivity contribution in [2.24, 2.45) is 5.92 Å². The first kappa shape index (κ1) is 56.6. The van der Waals surface area contributed by atoms with Crippen molar-refractivity contribution in [2.45, 2.75) is 58.8 Å². The Kier molecular flexibility index (Phi) is 20.9. The summed E-state index contributed by atoms with van der Waals surface area (Å²) in [6.07, 6.45) is 12.6. The fourth-order valence-electron chi connectivity index (χ4n) is 10.8. The second kappa shape index (κ2) is 27.0. The molecule has 0 fully saturated rings. The van der Waals surface area contributed by atoms with Gasteiger partial charge in [-0.1, -0.05) is 272 Å². The third kappa shape index (κ3) is 13.9. The summed E-state index contributed by atoms with van der Waals surface area (Å²) in [5.41, 5.74) is 17.5. The molecule has 0 radical (unpaired) electrons. The molecular weight excluding hydrogens is 999 g/mol. The van der Waals surface area contributed by atoms with Crippen molar-refractivity contribution < 1.29 is 21.7 Å². The molecule has 0 aromatic heterocycles. The molecule has 1 aliphatic carbocycles. The van der Waals surface area contributed by atoms with Crippen LogP contribution in [-0.4, -0.2) is 8.07 Å². The van der Waals surface area contributed by atoms with Crippen LogP contribution in [0.25, 0.3) is 0 Å². The molecule has 0 saturated heterocycles. The standard InChI is InChI=1S/C68H61Si.3ClH.Ti/c1-51(2)67-34-21-35-68(67)69(64-45-58(36-52-22-9-3-10-23-52)42-59(46-64)37-53-24-11-4-12-25-53,65-47-60(38-54-26-13-5-14-27-54)43-61(48-65)39-55-28-15-6-16-29-55)66-49-62(40-56-30-17-7-18-31-56)44-63(50-66)41-57-32-19-8-20-33-57;;;;/h3-20,22-33,35,42-51H,21,36-41H2,1-2H3;3*1H;/q-1;;;;. The Morgan fingerprint density at radius 3 is 0.753 bits per heavy atom. The fourth-order valence-corrected chi connectivity index (χ4v) is 16.4. The maximum atomic E-state index is 4.01. The molecule has 0 aliphatic heterocycles. The van der Waals surface area contributed by atoms with E-state index in [0.29, 0.717) is 5.92 Å². The Balaban J connectivity index is 0.00000217. The zero-order chi connectivity index (χ0) is 46.8. The van der Waals surface area contributed by atoms with Gasteiger partial charge in [-0.25, -0.2) is 5.57 Å². The van der Waals surface area contributed by atoms with Crippen LogP contribution < -0.4 is 15.6 Å². The average Bonchev–Trinajstić information content (AvgIpc) is 3.87. The number of hydrogen-bond donors (Lipinski definition) is 0. The first-order valence-corrected chi connectivity index (χ1v) is 26.9. The van der Waals surface area contributed by atoms with Crippen molar-refractivity contribution in [1.29, 1.82) is 0 Å². The minimum atomic E-state index is -3.25. The number of benzene rings is 9. The molecule has 0 saturated carbocycles. The van der Waals surface area contributed by atoms with Crippen molar-refractivity contribution in [3.63, 3.8) is 0 Å². The van der Waals surface area contributed by atoms with Crippen molar-refractivity contribution in [2.75, 3.05) is 0 Å². The van der Waals surface area contributed by atoms with Gasteiger partial charge in [0.1, 0.15) is 0 Å². The van der Waals surface area contributed by atoms with Gasteiger partial charge in [0.25, 0.3) is 0 Å². The molecule has 0 unspecified atom stereocenters. The number of halogens is 3. The monoisotopic (exact) mass is 1060 g/mol. The molecule has 73 heavy (non-hydrogen) atoms. The number of hydrogen-bond acceptors (Lipinski definition) is 0. The van der Waals surface area contributed by atoms with Crippen LogP contribution >= 0.6 is 37.2 Å². The van der Waals surface area contributed by atoms with Crippen LogP contribution in [0, 0.1) is 12.0 Å². The van der Waals surface area contributed by atoms with Crippen LogP contribution in [0.5, 0.6) is 0 Å². The van der Waals surface area contributed by atoms with Crippen LogP contribution in [0.2, 0.25) is 0 Å². The molecule has 366 valence electrons. The van der Waals surface area contributed by atoms with Crippen molar-refractivity contribution in [1.82, 2.24) is 0 Å². The predicted molar refractivity (Wildman–Crippen MR) is 316 cm³/mol. The summed E-state index contributed by atoms with van der Waals surface area (Å²) in [5.74, 6) is 0.300. The van der Waals surface area contributed by atoms with Gasteiger partial charge in [0.2, 0.25) is 0 Å². The van der Waals surface area contributed by atoms with Crippen molar-refractivity contribution >= 4 is 60.9 Å². The summed E-state index contributed by atoms with van der Waals surface area (Å²) in [5, 5.41) is 5.82. The van der Waals surface area contributed by atoms with E-state index in [2.05, 4.69) is 263 Å². The maximum Gasteiger partial charge on any atom is 0.0994 e. The molecule has 1 aliphatic rings. The molecule has 9 aromatic rings. The van der Waals surface area contributed by atoms with E-state index in [9.17, 15) is 0 Å². The van der Waals surface area contributed by atoms with Crippen LogP contribution in [0.15, 0.2) is 253 Å². The summed E-state index contributed by atoms with van der Waals surface area (Å²) in [4.78, 5) is 0. The minimum absolute atomic E-state index is 0. The van der Waals surface area contributed by atoms with E-state index >= 15 is 0 Å². The normalized spacial score (nSPS) is 11.8. The van der Waals surface area contributed by atoms with Crippen molar-refractivity contribution in [3.8, 4) is 0 Å². The third-order valence-electron chi connectivity index (χ3n) is 13.8. The molecule has 0 amide bonds. The van der Waals surface area contributed by atoms with Gasteiger partial charge in [-0.2, -0.15) is 11.3 Å². The largest absolute Gasteiger partial charge is 0.269 e. The summed E-state index contributed by atoms with van der Waals surface area (Å²) in [7, 11) is -3.25. The average molecular weight is 1060 g/mol. The Hall–Kier alpha value is -5.74. The Labute approximate surface area is 469 Å². The van der Waals surface area contributed by atoms with Gasteiger partial charge >= 0.3 is 0 Å². The molecule has 0 atom stereocenters. The Morgan fingerprint density at radius 1 is 0.329 bits per heavy atom. The first-order chi connectivity index (χ1) is 33.9. The predicted octanol–water partition coefficient (Wildman–Crippen LogP) is 15.2. The molecule has 0 heterocycles. The summed E-state index contributed by atoms with van der Waals surface area (Å²) in [6, 6.07) is 89.7. The van der Waals surface area contributed by atoms with Gasteiger partial charge in [0.05, 0.1) is 8.07 Å². The molecule has 0 N–H and O–H groups in total. The third-order valence-corrected chi connectivity index (χ3v) is 18.6. The van der Waals surface area contributed by atoms with Gasteiger partial charge in [-0.15, -0.1) is 43.6 Å². The summed E-state index contributed by atoms with van der Waals surface area (Å²) >= 11 is 0. The number of rotatable bonds is 17. The summed E-state index contributed by atoms with van der Waals surface area (Å²) < 4.78 is 0. The van der Waals surface area contributed by atoms with Crippen LogP contribution in [0.3, 0.4) is 0 Å². The topological polar surface area (TPSA) is 0 Å². The minimum Gasteiger partial charge on any atom is -0.269 e. The van der Waals surface area contributed by atoms with E-state index in [0.717, 1.165) is 44.9 Å². The summed E-state index contributed by atoms with van der Waals surface area (Å²) in [6.45, 7) is 4.76. The van der Waals surface area contributed by atoms with Gasteiger partial charge in [0, 0.05) is 21.7 Å².